The third-order valence-corrected chi connectivity index (χ3v) is 4.24. The molecule has 1 unspecified atom stereocenters. The topological polar surface area (TPSA) is 53.1 Å². The van der Waals surface area contributed by atoms with Gasteiger partial charge in [-0.25, -0.2) is 4.79 Å². The SMILES string of the molecule is CCCC(c1cc2cc(/C(C)=C/C(=O)O)ccc2[nH]1)C(C)C. The van der Waals surface area contributed by atoms with Crippen molar-refractivity contribution < 1.29 is 9.90 Å². The molecule has 0 aliphatic rings. The highest BCUT2D eigenvalue weighted by Crippen LogP contribution is 2.31. The van der Waals surface area contributed by atoms with Crippen molar-refractivity contribution >= 4 is 22.4 Å². The summed E-state index contributed by atoms with van der Waals surface area (Å²) < 4.78 is 0. The van der Waals surface area contributed by atoms with Crippen LogP contribution in [-0.4, -0.2) is 16.1 Å². The number of benzene rings is 1. The number of carbonyl (C=O) groups is 1. The lowest BCUT2D eigenvalue weighted by Gasteiger charge is -2.18. The van der Waals surface area contributed by atoms with Crippen molar-refractivity contribution in [2.75, 3.05) is 0 Å². The quantitative estimate of drug-likeness (QED) is 0.721. The van der Waals surface area contributed by atoms with E-state index in [1.165, 1.54) is 24.6 Å². The van der Waals surface area contributed by atoms with Gasteiger partial charge in [0.15, 0.2) is 0 Å². The Morgan fingerprint density at radius 1 is 1.32 bits per heavy atom. The summed E-state index contributed by atoms with van der Waals surface area (Å²) in [5.74, 6) is 0.229. The first-order valence-corrected chi connectivity index (χ1v) is 7.96. The average Bonchev–Trinajstić information content (AvgIpc) is 2.85. The van der Waals surface area contributed by atoms with Crippen LogP contribution in [0.4, 0.5) is 0 Å². The molecule has 0 aliphatic carbocycles. The van der Waals surface area contributed by atoms with Crippen LogP contribution in [0.1, 0.15) is 57.7 Å². The number of hydrogen-bond donors (Lipinski definition) is 2. The lowest BCUT2D eigenvalue weighted by atomic mass is 9.88. The first kappa shape index (κ1) is 16.3. The molecule has 1 atom stereocenters. The fraction of sp³-hybridized carbons (Fsp3) is 0.421. The lowest BCUT2D eigenvalue weighted by Crippen LogP contribution is -2.06. The molecule has 118 valence electrons. The minimum atomic E-state index is -0.907. The van der Waals surface area contributed by atoms with Gasteiger partial charge in [0.25, 0.3) is 0 Å². The zero-order chi connectivity index (χ0) is 16.3. The molecule has 0 bridgehead atoms. The summed E-state index contributed by atoms with van der Waals surface area (Å²) in [6.07, 6.45) is 3.60. The van der Waals surface area contributed by atoms with E-state index in [0.717, 1.165) is 22.0 Å². The van der Waals surface area contributed by atoms with Gasteiger partial charge < -0.3 is 10.1 Å². The molecule has 0 saturated carbocycles. The maximum atomic E-state index is 10.8. The molecule has 1 aromatic heterocycles. The second-order valence-corrected chi connectivity index (χ2v) is 6.33. The van der Waals surface area contributed by atoms with Gasteiger partial charge in [-0.05, 0) is 48.6 Å². The third-order valence-electron chi connectivity index (χ3n) is 4.24. The van der Waals surface area contributed by atoms with Gasteiger partial charge in [-0.1, -0.05) is 33.3 Å². The monoisotopic (exact) mass is 299 g/mol. The number of carboxylic acid groups (broad SMARTS) is 1. The predicted molar refractivity (Wildman–Crippen MR) is 92.1 cm³/mol. The molecule has 22 heavy (non-hydrogen) atoms. The third kappa shape index (κ3) is 3.59. The molecule has 0 fully saturated rings. The van der Waals surface area contributed by atoms with E-state index in [4.69, 9.17) is 5.11 Å². The molecule has 1 heterocycles. The maximum absolute atomic E-state index is 10.8. The number of H-pyrrole nitrogens is 1. The van der Waals surface area contributed by atoms with Crippen LogP contribution in [0.25, 0.3) is 16.5 Å². The fourth-order valence-electron chi connectivity index (χ4n) is 3.03. The fourth-order valence-corrected chi connectivity index (χ4v) is 3.03. The molecule has 0 amide bonds. The van der Waals surface area contributed by atoms with E-state index in [9.17, 15) is 4.79 Å². The Kier molecular flexibility index (Phi) is 5.07. The second-order valence-electron chi connectivity index (χ2n) is 6.33. The van der Waals surface area contributed by atoms with Crippen LogP contribution in [0.5, 0.6) is 0 Å². The molecular formula is C19H25NO2. The minimum Gasteiger partial charge on any atom is -0.478 e. The van der Waals surface area contributed by atoms with E-state index < -0.39 is 5.97 Å². The molecule has 2 rings (SSSR count). The van der Waals surface area contributed by atoms with Crippen molar-refractivity contribution in [3.05, 3.63) is 41.6 Å². The molecule has 2 aromatic rings. The molecule has 1 aromatic carbocycles. The van der Waals surface area contributed by atoms with Crippen molar-refractivity contribution in [3.8, 4) is 0 Å². The smallest absolute Gasteiger partial charge is 0.328 e. The molecule has 2 N–H and O–H groups in total. The summed E-state index contributed by atoms with van der Waals surface area (Å²) in [6.45, 7) is 8.57. The van der Waals surface area contributed by atoms with Crippen LogP contribution < -0.4 is 0 Å². The molecule has 0 radical (unpaired) electrons. The summed E-state index contributed by atoms with van der Waals surface area (Å²) in [6, 6.07) is 8.29. The largest absolute Gasteiger partial charge is 0.478 e. The highest BCUT2D eigenvalue weighted by atomic mass is 16.4. The van der Waals surface area contributed by atoms with E-state index in [-0.39, 0.29) is 0 Å². The van der Waals surface area contributed by atoms with Gasteiger partial charge >= 0.3 is 5.97 Å². The molecule has 0 spiro atoms. The Labute approximate surface area is 132 Å². The number of allylic oxidation sites excluding steroid dienone is 1. The second kappa shape index (κ2) is 6.82. The van der Waals surface area contributed by atoms with Gasteiger partial charge in [0.05, 0.1) is 0 Å². The lowest BCUT2D eigenvalue weighted by molar-refractivity contribution is -0.131. The Morgan fingerprint density at radius 3 is 2.64 bits per heavy atom. The van der Waals surface area contributed by atoms with Crippen LogP contribution in [0.15, 0.2) is 30.3 Å². The van der Waals surface area contributed by atoms with Crippen LogP contribution >= 0.6 is 0 Å². The van der Waals surface area contributed by atoms with Crippen LogP contribution in [-0.2, 0) is 4.79 Å². The Hall–Kier alpha value is -2.03. The van der Waals surface area contributed by atoms with Gasteiger partial charge in [0, 0.05) is 28.6 Å². The summed E-state index contributed by atoms with van der Waals surface area (Å²) in [5, 5.41) is 10.0. The molecule has 3 heteroatoms. The number of nitrogens with one attached hydrogen (secondary N) is 1. The van der Waals surface area contributed by atoms with Gasteiger partial charge in [-0.3, -0.25) is 0 Å². The van der Waals surface area contributed by atoms with Gasteiger partial charge in [0.1, 0.15) is 0 Å². The number of carboxylic acids is 1. The van der Waals surface area contributed by atoms with E-state index in [1.807, 2.05) is 19.1 Å². The van der Waals surface area contributed by atoms with Crippen molar-refractivity contribution in [1.29, 1.82) is 0 Å². The summed E-state index contributed by atoms with van der Waals surface area (Å²) in [7, 11) is 0. The van der Waals surface area contributed by atoms with Gasteiger partial charge in [-0.2, -0.15) is 0 Å². The van der Waals surface area contributed by atoms with E-state index in [1.54, 1.807) is 0 Å². The van der Waals surface area contributed by atoms with E-state index in [0.29, 0.717) is 11.8 Å². The number of fused-ring (bicyclic) bond motifs is 1. The van der Waals surface area contributed by atoms with Crippen molar-refractivity contribution in [2.45, 2.75) is 46.5 Å². The first-order valence-electron chi connectivity index (χ1n) is 7.96. The average molecular weight is 299 g/mol. The van der Waals surface area contributed by atoms with Gasteiger partial charge in [-0.15, -0.1) is 0 Å². The van der Waals surface area contributed by atoms with Crippen molar-refractivity contribution in [2.24, 2.45) is 5.92 Å². The molecule has 0 saturated heterocycles. The van der Waals surface area contributed by atoms with Crippen LogP contribution in [0, 0.1) is 5.92 Å². The highest BCUT2D eigenvalue weighted by molar-refractivity contribution is 5.92. The first-order chi connectivity index (χ1) is 10.4. The maximum Gasteiger partial charge on any atom is 0.328 e. The number of aliphatic carboxylic acids is 1. The van der Waals surface area contributed by atoms with Gasteiger partial charge in [0.2, 0.25) is 0 Å². The summed E-state index contributed by atoms with van der Waals surface area (Å²) in [5.41, 5.74) is 4.12. The Morgan fingerprint density at radius 2 is 2.05 bits per heavy atom. The predicted octanol–water partition coefficient (Wildman–Crippen LogP) is 5.20. The Bertz CT molecular complexity index is 695. The van der Waals surface area contributed by atoms with Crippen LogP contribution in [0.2, 0.25) is 0 Å². The molecule has 3 nitrogen and oxygen atoms in total. The number of rotatable bonds is 6. The van der Waals surface area contributed by atoms with Crippen molar-refractivity contribution in [3.63, 3.8) is 0 Å². The zero-order valence-corrected chi connectivity index (χ0v) is 13.8. The highest BCUT2D eigenvalue weighted by Gasteiger charge is 2.17. The minimum absolute atomic E-state index is 0.538. The zero-order valence-electron chi connectivity index (χ0n) is 13.8. The normalized spacial score (nSPS) is 13.8. The molecular weight excluding hydrogens is 274 g/mol. The summed E-state index contributed by atoms with van der Waals surface area (Å²) in [4.78, 5) is 14.3. The summed E-state index contributed by atoms with van der Waals surface area (Å²) >= 11 is 0. The molecule has 0 aliphatic heterocycles. The van der Waals surface area contributed by atoms with E-state index in [2.05, 4.69) is 37.9 Å². The van der Waals surface area contributed by atoms with Crippen molar-refractivity contribution in [1.82, 2.24) is 4.98 Å². The Balaban J connectivity index is 2.41. The van der Waals surface area contributed by atoms with Crippen LogP contribution in [0.3, 0.4) is 0 Å². The standard InChI is InChI=1S/C19H25NO2/c1-5-6-16(12(2)3)18-11-15-10-14(7-8-17(15)20-18)13(4)9-19(21)22/h7-12,16,20H,5-6H2,1-4H3,(H,21,22)/b13-9+. The number of hydrogen-bond acceptors (Lipinski definition) is 1. The number of aromatic amines is 1. The van der Waals surface area contributed by atoms with E-state index >= 15 is 0 Å². The number of aromatic nitrogens is 1.